The van der Waals surface area contributed by atoms with Crippen LogP contribution in [-0.4, -0.2) is 39.4 Å². The summed E-state index contributed by atoms with van der Waals surface area (Å²) in [4.78, 5) is 20.3. The normalized spacial score (nSPS) is 19.7. The molecule has 102 valence electrons. The van der Waals surface area contributed by atoms with E-state index in [1.54, 1.807) is 34.0 Å². The van der Waals surface area contributed by atoms with Gasteiger partial charge in [-0.2, -0.15) is 0 Å². The van der Waals surface area contributed by atoms with Crippen LogP contribution in [0.5, 0.6) is 0 Å². The third-order valence-corrected chi connectivity index (χ3v) is 2.76. The molecule has 1 aliphatic rings. The number of hydrogen-bond donors (Lipinski definition) is 1. The summed E-state index contributed by atoms with van der Waals surface area (Å²) in [6.45, 7) is 5.17. The Morgan fingerprint density at radius 2 is 2.00 bits per heavy atom. The Balaban J connectivity index is 2.49. The number of hydrogen-bond acceptors (Lipinski definition) is 6. The van der Waals surface area contributed by atoms with Crippen molar-refractivity contribution in [3.05, 3.63) is 23.8 Å². The van der Waals surface area contributed by atoms with Gasteiger partial charge >= 0.3 is 0 Å². The van der Waals surface area contributed by atoms with Gasteiger partial charge in [-0.15, -0.1) is 5.10 Å². The largest absolute Gasteiger partial charge is 0.459 e. The summed E-state index contributed by atoms with van der Waals surface area (Å²) >= 11 is 0. The van der Waals surface area contributed by atoms with Crippen molar-refractivity contribution in [3.8, 4) is 0 Å². The molecule has 0 aromatic carbocycles. The Kier molecular flexibility index (Phi) is 3.23. The van der Waals surface area contributed by atoms with Crippen molar-refractivity contribution in [2.45, 2.75) is 32.4 Å². The number of ether oxygens (including phenoxy) is 1. The van der Waals surface area contributed by atoms with Crippen LogP contribution < -0.4 is 5.73 Å². The van der Waals surface area contributed by atoms with Crippen molar-refractivity contribution in [1.29, 1.82) is 0 Å². The molecule has 0 saturated carbocycles. The second-order valence-corrected chi connectivity index (χ2v) is 4.93. The van der Waals surface area contributed by atoms with Gasteiger partial charge in [-0.05, 0) is 20.8 Å². The first-order valence-electron chi connectivity index (χ1n) is 5.95. The maximum absolute atomic E-state index is 11.9. The van der Waals surface area contributed by atoms with Gasteiger partial charge in [0.1, 0.15) is 5.69 Å². The third-order valence-electron chi connectivity index (χ3n) is 2.76. The molecular weight excluding hydrogens is 246 g/mol. The minimum atomic E-state index is -0.988. The number of carbonyl (C=O) groups is 1. The van der Waals surface area contributed by atoms with E-state index in [1.807, 2.05) is 0 Å². The van der Waals surface area contributed by atoms with Crippen LogP contribution in [0.4, 0.5) is 0 Å². The average molecular weight is 263 g/mol. The van der Waals surface area contributed by atoms with Gasteiger partial charge in [-0.25, -0.2) is 9.99 Å². The van der Waals surface area contributed by atoms with Crippen LogP contribution in [0.25, 0.3) is 0 Å². The van der Waals surface area contributed by atoms with Crippen molar-refractivity contribution >= 4 is 11.8 Å². The second kappa shape index (κ2) is 4.58. The molecule has 1 unspecified atom stereocenters. The zero-order valence-electron chi connectivity index (χ0n) is 11.4. The van der Waals surface area contributed by atoms with Gasteiger partial charge in [0.25, 0.3) is 11.8 Å². The molecular formula is C12H17N5O2. The fraction of sp³-hybridized carbons (Fsp3) is 0.500. The standard InChI is InChI=1S/C12H17N5O2/c1-7(13)8-9(15-6-5-14-8)10-16-17(4)11(18)12(2,3)19-10/h5-7H,13H2,1-4H3. The molecule has 0 saturated heterocycles. The SMILES string of the molecule is CC(N)c1nccnc1C1=NN(C)C(=O)C(C)(C)O1. The lowest BCUT2D eigenvalue weighted by atomic mass is 10.1. The molecule has 2 rings (SSSR count). The van der Waals surface area contributed by atoms with Crippen LogP contribution in [0.15, 0.2) is 17.5 Å². The highest BCUT2D eigenvalue weighted by Gasteiger charge is 2.39. The maximum Gasteiger partial charge on any atom is 0.286 e. The summed E-state index contributed by atoms with van der Waals surface area (Å²) in [7, 11) is 1.58. The van der Waals surface area contributed by atoms with Crippen molar-refractivity contribution in [2.24, 2.45) is 10.8 Å². The molecule has 0 spiro atoms. The number of likely N-dealkylation sites (N-methyl/N-ethyl adjacent to an activating group) is 1. The van der Waals surface area contributed by atoms with Gasteiger partial charge < -0.3 is 10.5 Å². The number of nitrogens with two attached hydrogens (primary N) is 1. The van der Waals surface area contributed by atoms with E-state index in [0.29, 0.717) is 11.4 Å². The number of hydrazone groups is 1. The highest BCUT2D eigenvalue weighted by atomic mass is 16.5. The lowest BCUT2D eigenvalue weighted by Crippen LogP contribution is -2.49. The summed E-state index contributed by atoms with van der Waals surface area (Å²) in [5.74, 6) is 0.0370. The lowest BCUT2D eigenvalue weighted by Gasteiger charge is -2.33. The van der Waals surface area contributed by atoms with E-state index in [0.717, 1.165) is 0 Å². The van der Waals surface area contributed by atoms with Crippen molar-refractivity contribution in [2.75, 3.05) is 7.05 Å². The summed E-state index contributed by atoms with van der Waals surface area (Å²) in [5.41, 5.74) is 5.92. The summed E-state index contributed by atoms with van der Waals surface area (Å²) in [6, 6.07) is -0.305. The zero-order chi connectivity index (χ0) is 14.2. The van der Waals surface area contributed by atoms with Crippen LogP contribution in [-0.2, 0) is 9.53 Å². The van der Waals surface area contributed by atoms with Gasteiger partial charge in [0.05, 0.1) is 5.69 Å². The van der Waals surface area contributed by atoms with Crippen LogP contribution >= 0.6 is 0 Å². The molecule has 2 heterocycles. The molecule has 0 radical (unpaired) electrons. The van der Waals surface area contributed by atoms with Gasteiger partial charge in [0, 0.05) is 25.5 Å². The Hall–Kier alpha value is -2.02. The van der Waals surface area contributed by atoms with E-state index in [9.17, 15) is 4.79 Å². The molecule has 1 aliphatic heterocycles. The Bertz CT molecular complexity index is 539. The fourth-order valence-electron chi connectivity index (χ4n) is 1.82. The first kappa shape index (κ1) is 13.4. The van der Waals surface area contributed by atoms with Gasteiger partial charge in [-0.3, -0.25) is 9.78 Å². The maximum atomic E-state index is 11.9. The summed E-state index contributed by atoms with van der Waals surface area (Å²) in [6.07, 6.45) is 3.10. The molecule has 0 fully saturated rings. The van der Waals surface area contributed by atoms with Crippen molar-refractivity contribution < 1.29 is 9.53 Å². The first-order chi connectivity index (χ1) is 8.83. The lowest BCUT2D eigenvalue weighted by molar-refractivity contribution is -0.148. The molecule has 0 aliphatic carbocycles. The quantitative estimate of drug-likeness (QED) is 0.834. The van der Waals surface area contributed by atoms with Crippen molar-refractivity contribution in [1.82, 2.24) is 15.0 Å². The van der Waals surface area contributed by atoms with E-state index >= 15 is 0 Å². The minimum absolute atomic E-state index is 0.220. The van der Waals surface area contributed by atoms with Gasteiger partial charge in [0.15, 0.2) is 5.60 Å². The molecule has 2 N–H and O–H groups in total. The average Bonchev–Trinajstić information content (AvgIpc) is 2.35. The first-order valence-corrected chi connectivity index (χ1v) is 5.95. The number of amides is 1. The van der Waals surface area contributed by atoms with E-state index in [-0.39, 0.29) is 17.8 Å². The fourth-order valence-corrected chi connectivity index (χ4v) is 1.82. The number of rotatable bonds is 2. The van der Waals surface area contributed by atoms with E-state index in [2.05, 4.69) is 15.1 Å². The van der Waals surface area contributed by atoms with Crippen LogP contribution in [0.2, 0.25) is 0 Å². The number of aromatic nitrogens is 2. The number of carbonyl (C=O) groups excluding carboxylic acids is 1. The zero-order valence-corrected chi connectivity index (χ0v) is 11.4. The van der Waals surface area contributed by atoms with Crippen LogP contribution in [0.1, 0.15) is 38.2 Å². The van der Waals surface area contributed by atoms with Crippen molar-refractivity contribution in [3.63, 3.8) is 0 Å². The Morgan fingerprint density at radius 3 is 2.58 bits per heavy atom. The Labute approximate surface area is 111 Å². The third kappa shape index (κ3) is 2.41. The minimum Gasteiger partial charge on any atom is -0.459 e. The van der Waals surface area contributed by atoms with E-state index < -0.39 is 5.60 Å². The molecule has 0 bridgehead atoms. The second-order valence-electron chi connectivity index (χ2n) is 4.93. The van der Waals surface area contributed by atoms with Gasteiger partial charge in [-0.1, -0.05) is 0 Å². The molecule has 1 aromatic heterocycles. The van der Waals surface area contributed by atoms with Crippen LogP contribution in [0, 0.1) is 0 Å². The predicted molar refractivity (Wildman–Crippen MR) is 69.1 cm³/mol. The molecule has 1 amide bonds. The van der Waals surface area contributed by atoms with Crippen LogP contribution in [0.3, 0.4) is 0 Å². The number of nitrogens with zero attached hydrogens (tertiary/aromatic N) is 4. The highest BCUT2D eigenvalue weighted by Crippen LogP contribution is 2.23. The predicted octanol–water partition coefficient (Wildman–Crippen LogP) is 0.425. The van der Waals surface area contributed by atoms with E-state index in [1.165, 1.54) is 11.2 Å². The monoisotopic (exact) mass is 263 g/mol. The molecule has 1 aromatic rings. The molecule has 1 atom stereocenters. The van der Waals surface area contributed by atoms with Gasteiger partial charge in [0.2, 0.25) is 0 Å². The smallest absolute Gasteiger partial charge is 0.286 e. The summed E-state index contributed by atoms with van der Waals surface area (Å²) in [5, 5.41) is 5.34. The molecule has 7 nitrogen and oxygen atoms in total. The Morgan fingerprint density at radius 1 is 1.37 bits per heavy atom. The molecule has 19 heavy (non-hydrogen) atoms. The highest BCUT2D eigenvalue weighted by molar-refractivity contribution is 5.99. The topological polar surface area (TPSA) is 93.7 Å². The summed E-state index contributed by atoms with van der Waals surface area (Å²) < 4.78 is 5.63. The van der Waals surface area contributed by atoms with E-state index in [4.69, 9.17) is 10.5 Å². The molecule has 7 heteroatoms.